The first-order valence-corrected chi connectivity index (χ1v) is 9.06. The fraction of sp³-hybridized carbons (Fsp3) is 0.500. The van der Waals surface area contributed by atoms with Crippen molar-refractivity contribution in [3.05, 3.63) is 35.2 Å². The standard InChI is InChI=1S/C18H24N2OS/c1-19-15-7-5-11-20(12-15)18(21)10-4-6-14-13-22-17-9-3-2-8-16(14)17/h2-3,8-9,13,15,19H,4-7,10-12H2,1H3. The van der Waals surface area contributed by atoms with Crippen molar-refractivity contribution in [2.24, 2.45) is 0 Å². The number of piperidine rings is 1. The molecule has 1 aromatic carbocycles. The van der Waals surface area contributed by atoms with Gasteiger partial charge in [-0.15, -0.1) is 11.3 Å². The number of aryl methyl sites for hydroxylation is 1. The molecule has 0 saturated carbocycles. The molecule has 118 valence electrons. The number of amides is 1. The summed E-state index contributed by atoms with van der Waals surface area (Å²) in [6.45, 7) is 1.80. The summed E-state index contributed by atoms with van der Waals surface area (Å²) in [5.74, 6) is 0.319. The van der Waals surface area contributed by atoms with Crippen molar-refractivity contribution in [3.8, 4) is 0 Å². The third-order valence-electron chi connectivity index (χ3n) is 4.58. The second kappa shape index (κ2) is 7.25. The van der Waals surface area contributed by atoms with E-state index in [-0.39, 0.29) is 0 Å². The van der Waals surface area contributed by atoms with Crippen molar-refractivity contribution < 1.29 is 4.79 Å². The molecule has 1 unspecified atom stereocenters. The van der Waals surface area contributed by atoms with Gasteiger partial charge in [0.1, 0.15) is 0 Å². The molecule has 2 heterocycles. The molecule has 1 fully saturated rings. The number of hydrogen-bond donors (Lipinski definition) is 1. The molecule has 1 aliphatic rings. The zero-order chi connectivity index (χ0) is 15.4. The van der Waals surface area contributed by atoms with Crippen LogP contribution in [0, 0.1) is 0 Å². The van der Waals surface area contributed by atoms with Gasteiger partial charge >= 0.3 is 0 Å². The molecule has 0 aliphatic carbocycles. The molecule has 1 atom stereocenters. The molecule has 0 bridgehead atoms. The van der Waals surface area contributed by atoms with Crippen LogP contribution in [-0.4, -0.2) is 37.0 Å². The molecule has 1 amide bonds. The summed E-state index contributed by atoms with van der Waals surface area (Å²) in [6, 6.07) is 9.00. The highest BCUT2D eigenvalue weighted by molar-refractivity contribution is 7.17. The predicted octanol–water partition coefficient (Wildman–Crippen LogP) is 3.43. The first kappa shape index (κ1) is 15.5. The van der Waals surface area contributed by atoms with E-state index in [1.807, 2.05) is 11.9 Å². The Labute approximate surface area is 136 Å². The predicted molar refractivity (Wildman–Crippen MR) is 93.4 cm³/mol. The highest BCUT2D eigenvalue weighted by Crippen LogP contribution is 2.26. The summed E-state index contributed by atoms with van der Waals surface area (Å²) in [6.07, 6.45) is 4.91. The molecule has 1 N–H and O–H groups in total. The van der Waals surface area contributed by atoms with Gasteiger partial charge in [0.15, 0.2) is 0 Å². The Morgan fingerprint density at radius 2 is 2.27 bits per heavy atom. The quantitative estimate of drug-likeness (QED) is 0.916. The number of fused-ring (bicyclic) bond motifs is 1. The van der Waals surface area contributed by atoms with Crippen LogP contribution in [-0.2, 0) is 11.2 Å². The van der Waals surface area contributed by atoms with E-state index < -0.39 is 0 Å². The van der Waals surface area contributed by atoms with Crippen molar-refractivity contribution in [3.63, 3.8) is 0 Å². The molecular weight excluding hydrogens is 292 g/mol. The molecule has 1 saturated heterocycles. The number of likely N-dealkylation sites (tertiary alicyclic amines) is 1. The maximum Gasteiger partial charge on any atom is 0.222 e. The Balaban J connectivity index is 1.51. The summed E-state index contributed by atoms with van der Waals surface area (Å²) < 4.78 is 1.34. The van der Waals surface area contributed by atoms with E-state index in [1.165, 1.54) is 22.1 Å². The van der Waals surface area contributed by atoms with Crippen molar-refractivity contribution >= 4 is 27.3 Å². The second-order valence-corrected chi connectivity index (χ2v) is 6.99. The lowest BCUT2D eigenvalue weighted by Crippen LogP contribution is -2.46. The van der Waals surface area contributed by atoms with E-state index in [1.54, 1.807) is 11.3 Å². The lowest BCUT2D eigenvalue weighted by atomic mass is 10.0. The summed E-state index contributed by atoms with van der Waals surface area (Å²) >= 11 is 1.80. The van der Waals surface area contributed by atoms with Crippen molar-refractivity contribution in [1.29, 1.82) is 0 Å². The van der Waals surface area contributed by atoms with Gasteiger partial charge in [-0.25, -0.2) is 0 Å². The monoisotopic (exact) mass is 316 g/mol. The number of thiophene rings is 1. The summed E-state index contributed by atoms with van der Waals surface area (Å²) in [5, 5.41) is 6.89. The van der Waals surface area contributed by atoms with Crippen LogP contribution in [0.15, 0.2) is 29.6 Å². The fourth-order valence-corrected chi connectivity index (χ4v) is 4.25. The lowest BCUT2D eigenvalue weighted by Gasteiger charge is -2.32. The van der Waals surface area contributed by atoms with E-state index in [4.69, 9.17) is 0 Å². The zero-order valence-electron chi connectivity index (χ0n) is 13.2. The number of carbonyl (C=O) groups excluding carboxylic acids is 1. The van der Waals surface area contributed by atoms with Crippen LogP contribution >= 0.6 is 11.3 Å². The van der Waals surface area contributed by atoms with Crippen molar-refractivity contribution in [2.75, 3.05) is 20.1 Å². The Kier molecular flexibility index (Phi) is 5.11. The smallest absolute Gasteiger partial charge is 0.222 e. The van der Waals surface area contributed by atoms with Crippen LogP contribution < -0.4 is 5.32 Å². The molecule has 22 heavy (non-hydrogen) atoms. The topological polar surface area (TPSA) is 32.3 Å². The molecule has 0 radical (unpaired) electrons. The van der Waals surface area contributed by atoms with Gasteiger partial charge in [0.05, 0.1) is 0 Å². The molecule has 1 aliphatic heterocycles. The van der Waals surface area contributed by atoms with E-state index in [9.17, 15) is 4.79 Å². The van der Waals surface area contributed by atoms with Crippen LogP contribution in [0.5, 0.6) is 0 Å². The third kappa shape index (κ3) is 3.50. The van der Waals surface area contributed by atoms with Gasteiger partial charge in [0.2, 0.25) is 5.91 Å². The summed E-state index contributed by atoms with van der Waals surface area (Å²) in [5.41, 5.74) is 1.39. The zero-order valence-corrected chi connectivity index (χ0v) is 14.0. The van der Waals surface area contributed by atoms with Crippen LogP contribution in [0.2, 0.25) is 0 Å². The van der Waals surface area contributed by atoms with Crippen molar-refractivity contribution in [2.45, 2.75) is 38.1 Å². The SMILES string of the molecule is CNC1CCCN(C(=O)CCCc2csc3ccccc23)C1. The van der Waals surface area contributed by atoms with E-state index in [2.05, 4.69) is 35.0 Å². The molecular formula is C18H24N2OS. The van der Waals surface area contributed by atoms with E-state index in [0.717, 1.165) is 32.4 Å². The minimum atomic E-state index is 0.319. The van der Waals surface area contributed by atoms with Gasteiger partial charge in [-0.1, -0.05) is 18.2 Å². The first-order chi connectivity index (χ1) is 10.8. The number of carbonyl (C=O) groups is 1. The van der Waals surface area contributed by atoms with Crippen LogP contribution in [0.1, 0.15) is 31.2 Å². The normalized spacial score (nSPS) is 18.8. The number of nitrogens with one attached hydrogen (secondary N) is 1. The highest BCUT2D eigenvalue weighted by atomic mass is 32.1. The molecule has 1 aromatic heterocycles. The number of benzene rings is 1. The lowest BCUT2D eigenvalue weighted by molar-refractivity contribution is -0.132. The number of rotatable bonds is 5. The molecule has 3 rings (SSSR count). The van der Waals surface area contributed by atoms with Crippen LogP contribution in [0.3, 0.4) is 0 Å². The Hall–Kier alpha value is -1.39. The molecule has 2 aromatic rings. The van der Waals surface area contributed by atoms with Gasteiger partial charge in [0, 0.05) is 30.3 Å². The fourth-order valence-electron chi connectivity index (χ4n) is 3.25. The molecule has 0 spiro atoms. The van der Waals surface area contributed by atoms with Crippen molar-refractivity contribution in [1.82, 2.24) is 10.2 Å². The third-order valence-corrected chi connectivity index (χ3v) is 5.59. The Morgan fingerprint density at radius 1 is 1.41 bits per heavy atom. The summed E-state index contributed by atoms with van der Waals surface area (Å²) in [4.78, 5) is 14.4. The minimum absolute atomic E-state index is 0.319. The maximum atomic E-state index is 12.4. The Bertz CT molecular complexity index is 637. The number of nitrogens with zero attached hydrogens (tertiary/aromatic N) is 1. The Morgan fingerprint density at radius 3 is 3.14 bits per heavy atom. The van der Waals surface area contributed by atoms with Gasteiger partial charge in [0.25, 0.3) is 0 Å². The summed E-state index contributed by atoms with van der Waals surface area (Å²) in [7, 11) is 1.99. The average molecular weight is 316 g/mol. The highest BCUT2D eigenvalue weighted by Gasteiger charge is 2.22. The molecule has 4 heteroatoms. The van der Waals surface area contributed by atoms with E-state index >= 15 is 0 Å². The van der Waals surface area contributed by atoms with Crippen LogP contribution in [0.4, 0.5) is 0 Å². The maximum absolute atomic E-state index is 12.4. The van der Waals surface area contributed by atoms with Gasteiger partial charge in [-0.3, -0.25) is 4.79 Å². The number of hydrogen-bond acceptors (Lipinski definition) is 3. The van der Waals surface area contributed by atoms with Gasteiger partial charge in [-0.05, 0) is 55.1 Å². The van der Waals surface area contributed by atoms with Gasteiger partial charge in [-0.2, -0.15) is 0 Å². The average Bonchev–Trinajstić information content (AvgIpc) is 2.98. The first-order valence-electron chi connectivity index (χ1n) is 8.18. The largest absolute Gasteiger partial charge is 0.341 e. The van der Waals surface area contributed by atoms with Crippen LogP contribution in [0.25, 0.3) is 10.1 Å². The second-order valence-electron chi connectivity index (χ2n) is 6.08. The minimum Gasteiger partial charge on any atom is -0.341 e. The van der Waals surface area contributed by atoms with E-state index in [0.29, 0.717) is 18.4 Å². The number of likely N-dealkylation sites (N-methyl/N-ethyl adjacent to an activating group) is 1. The molecule has 3 nitrogen and oxygen atoms in total. The van der Waals surface area contributed by atoms with Gasteiger partial charge < -0.3 is 10.2 Å².